The highest BCUT2D eigenvalue weighted by Crippen LogP contribution is 2.40. The standard InChI is InChI=1S/C20H25NO3/c1-22-19-10-9-16-17(20(19)23-2)7-4-8-18(16)24-15-11-13-5-3-6-14(12-15)21-13/h4,7-10,13-15,21H,3,5-6,11-12H2,1-2H3. The van der Waals surface area contributed by atoms with Crippen molar-refractivity contribution in [1.29, 1.82) is 0 Å². The van der Waals surface area contributed by atoms with Crippen LogP contribution in [-0.4, -0.2) is 32.4 Å². The van der Waals surface area contributed by atoms with Crippen molar-refractivity contribution in [3.05, 3.63) is 30.3 Å². The molecule has 2 heterocycles. The van der Waals surface area contributed by atoms with Crippen LogP contribution < -0.4 is 19.5 Å². The Kier molecular flexibility index (Phi) is 4.23. The average molecular weight is 327 g/mol. The minimum absolute atomic E-state index is 0.292. The average Bonchev–Trinajstić information content (AvgIpc) is 2.60. The van der Waals surface area contributed by atoms with E-state index in [0.29, 0.717) is 18.2 Å². The molecule has 2 unspecified atom stereocenters. The highest BCUT2D eigenvalue weighted by molar-refractivity contribution is 5.95. The second-order valence-electron chi connectivity index (χ2n) is 6.86. The van der Waals surface area contributed by atoms with Crippen molar-refractivity contribution < 1.29 is 14.2 Å². The van der Waals surface area contributed by atoms with Crippen LogP contribution in [-0.2, 0) is 0 Å². The molecule has 2 saturated heterocycles. The minimum atomic E-state index is 0.292. The fraction of sp³-hybridized carbons (Fsp3) is 0.500. The van der Waals surface area contributed by atoms with E-state index in [-0.39, 0.29) is 0 Å². The van der Waals surface area contributed by atoms with Gasteiger partial charge in [0.15, 0.2) is 11.5 Å². The maximum Gasteiger partial charge on any atom is 0.168 e. The van der Waals surface area contributed by atoms with E-state index >= 15 is 0 Å². The Morgan fingerprint density at radius 1 is 0.875 bits per heavy atom. The van der Waals surface area contributed by atoms with Gasteiger partial charge in [0.25, 0.3) is 0 Å². The molecule has 2 bridgehead atoms. The summed E-state index contributed by atoms with van der Waals surface area (Å²) in [6, 6.07) is 11.4. The van der Waals surface area contributed by atoms with E-state index in [1.807, 2.05) is 12.1 Å². The van der Waals surface area contributed by atoms with Gasteiger partial charge in [-0.25, -0.2) is 0 Å². The Morgan fingerprint density at radius 3 is 2.38 bits per heavy atom. The maximum atomic E-state index is 6.44. The molecule has 2 aromatic carbocycles. The summed E-state index contributed by atoms with van der Waals surface area (Å²) in [5, 5.41) is 5.84. The zero-order chi connectivity index (χ0) is 16.5. The van der Waals surface area contributed by atoms with E-state index in [1.165, 1.54) is 19.3 Å². The second kappa shape index (κ2) is 6.52. The van der Waals surface area contributed by atoms with Crippen LogP contribution >= 0.6 is 0 Å². The van der Waals surface area contributed by atoms with Crippen LogP contribution in [0.2, 0.25) is 0 Å². The van der Waals surface area contributed by atoms with Gasteiger partial charge in [0.2, 0.25) is 0 Å². The SMILES string of the molecule is COc1ccc2c(OC3CC4CCCC(C3)N4)cccc2c1OC. The number of piperidine rings is 2. The molecule has 4 heteroatoms. The zero-order valence-electron chi connectivity index (χ0n) is 14.4. The van der Waals surface area contributed by atoms with Gasteiger partial charge in [0, 0.05) is 22.9 Å². The molecule has 0 aliphatic carbocycles. The summed E-state index contributed by atoms with van der Waals surface area (Å²) in [5.74, 6) is 2.46. The first-order chi connectivity index (χ1) is 11.8. The molecular weight excluding hydrogens is 302 g/mol. The van der Waals surface area contributed by atoms with Crippen molar-refractivity contribution in [1.82, 2.24) is 5.32 Å². The first kappa shape index (κ1) is 15.6. The predicted molar refractivity (Wildman–Crippen MR) is 95.3 cm³/mol. The van der Waals surface area contributed by atoms with Gasteiger partial charge in [-0.15, -0.1) is 0 Å². The molecule has 2 atom stereocenters. The quantitative estimate of drug-likeness (QED) is 0.924. The molecule has 24 heavy (non-hydrogen) atoms. The van der Waals surface area contributed by atoms with Crippen LogP contribution in [0.25, 0.3) is 10.8 Å². The largest absolute Gasteiger partial charge is 0.493 e. The fourth-order valence-corrected chi connectivity index (χ4v) is 4.24. The van der Waals surface area contributed by atoms with Gasteiger partial charge in [-0.05, 0) is 43.9 Å². The molecule has 2 aromatic rings. The number of rotatable bonds is 4. The Morgan fingerprint density at radius 2 is 1.67 bits per heavy atom. The number of hydrogen-bond donors (Lipinski definition) is 1. The first-order valence-corrected chi connectivity index (χ1v) is 8.85. The van der Waals surface area contributed by atoms with Crippen LogP contribution in [0, 0.1) is 0 Å². The molecule has 2 aliphatic heterocycles. The molecular formula is C20H25NO3. The van der Waals surface area contributed by atoms with Gasteiger partial charge < -0.3 is 19.5 Å². The van der Waals surface area contributed by atoms with Crippen molar-refractivity contribution in [3.8, 4) is 17.2 Å². The highest BCUT2D eigenvalue weighted by Gasteiger charge is 2.32. The Balaban J connectivity index is 1.65. The lowest BCUT2D eigenvalue weighted by atomic mass is 9.85. The van der Waals surface area contributed by atoms with Crippen LogP contribution in [0.15, 0.2) is 30.3 Å². The van der Waals surface area contributed by atoms with Crippen molar-refractivity contribution in [3.63, 3.8) is 0 Å². The second-order valence-corrected chi connectivity index (χ2v) is 6.86. The van der Waals surface area contributed by atoms with Crippen molar-refractivity contribution >= 4 is 10.8 Å². The third-order valence-corrected chi connectivity index (χ3v) is 5.32. The fourth-order valence-electron chi connectivity index (χ4n) is 4.24. The summed E-state index contributed by atoms with van der Waals surface area (Å²) in [7, 11) is 3.34. The smallest absolute Gasteiger partial charge is 0.168 e. The topological polar surface area (TPSA) is 39.7 Å². The van der Waals surface area contributed by atoms with Crippen LogP contribution in [0.5, 0.6) is 17.2 Å². The Labute approximate surface area is 143 Å². The molecule has 0 amide bonds. The lowest BCUT2D eigenvalue weighted by Crippen LogP contribution is -2.51. The summed E-state index contributed by atoms with van der Waals surface area (Å²) in [6.45, 7) is 0. The van der Waals surface area contributed by atoms with E-state index in [4.69, 9.17) is 14.2 Å². The van der Waals surface area contributed by atoms with E-state index < -0.39 is 0 Å². The Hall–Kier alpha value is -1.94. The van der Waals surface area contributed by atoms with E-state index in [1.54, 1.807) is 14.2 Å². The van der Waals surface area contributed by atoms with Gasteiger partial charge in [0.1, 0.15) is 11.9 Å². The molecule has 4 nitrogen and oxygen atoms in total. The van der Waals surface area contributed by atoms with Crippen molar-refractivity contribution in [2.24, 2.45) is 0 Å². The van der Waals surface area contributed by atoms with Gasteiger partial charge in [-0.1, -0.05) is 18.6 Å². The van der Waals surface area contributed by atoms with Gasteiger partial charge in [-0.3, -0.25) is 0 Å². The monoisotopic (exact) mass is 327 g/mol. The van der Waals surface area contributed by atoms with Crippen molar-refractivity contribution in [2.45, 2.75) is 50.3 Å². The molecule has 128 valence electrons. The lowest BCUT2D eigenvalue weighted by molar-refractivity contribution is 0.0939. The maximum absolute atomic E-state index is 6.44. The molecule has 2 fully saturated rings. The zero-order valence-corrected chi connectivity index (χ0v) is 14.4. The molecule has 1 N–H and O–H groups in total. The van der Waals surface area contributed by atoms with Gasteiger partial charge in [-0.2, -0.15) is 0 Å². The first-order valence-electron chi connectivity index (χ1n) is 8.85. The summed E-state index contributed by atoms with van der Waals surface area (Å²) in [6.07, 6.45) is 6.38. The predicted octanol–water partition coefficient (Wildman–Crippen LogP) is 3.91. The highest BCUT2D eigenvalue weighted by atomic mass is 16.5. The summed E-state index contributed by atoms with van der Waals surface area (Å²) >= 11 is 0. The van der Waals surface area contributed by atoms with Crippen LogP contribution in [0.4, 0.5) is 0 Å². The summed E-state index contributed by atoms with van der Waals surface area (Å²) in [5.41, 5.74) is 0. The molecule has 4 rings (SSSR count). The molecule has 0 saturated carbocycles. The lowest BCUT2D eigenvalue weighted by Gasteiger charge is -2.40. The Bertz CT molecular complexity index is 718. The molecule has 2 aliphatic rings. The molecule has 0 aromatic heterocycles. The number of ether oxygens (including phenoxy) is 3. The third-order valence-electron chi connectivity index (χ3n) is 5.32. The number of benzene rings is 2. The van der Waals surface area contributed by atoms with Crippen molar-refractivity contribution in [2.75, 3.05) is 14.2 Å². The summed E-state index contributed by atoms with van der Waals surface area (Å²) in [4.78, 5) is 0. The summed E-state index contributed by atoms with van der Waals surface area (Å²) < 4.78 is 17.4. The van der Waals surface area contributed by atoms with Crippen LogP contribution in [0.1, 0.15) is 32.1 Å². The van der Waals surface area contributed by atoms with Crippen LogP contribution in [0.3, 0.4) is 0 Å². The van der Waals surface area contributed by atoms with Gasteiger partial charge in [0.05, 0.1) is 14.2 Å². The van der Waals surface area contributed by atoms with E-state index in [2.05, 4.69) is 23.5 Å². The minimum Gasteiger partial charge on any atom is -0.493 e. The number of nitrogens with one attached hydrogen (secondary N) is 1. The molecule has 0 radical (unpaired) electrons. The van der Waals surface area contributed by atoms with Gasteiger partial charge >= 0.3 is 0 Å². The van der Waals surface area contributed by atoms with E-state index in [9.17, 15) is 0 Å². The molecule has 0 spiro atoms. The number of methoxy groups -OCH3 is 2. The normalized spacial score (nSPS) is 26.2. The number of hydrogen-bond acceptors (Lipinski definition) is 4. The van der Waals surface area contributed by atoms with E-state index in [0.717, 1.165) is 40.9 Å². The third kappa shape index (κ3) is 2.80. The number of fused-ring (bicyclic) bond motifs is 3.